The van der Waals surface area contributed by atoms with E-state index in [0.717, 1.165) is 63.6 Å². The summed E-state index contributed by atoms with van der Waals surface area (Å²) in [6, 6.07) is 9.83. The first-order chi connectivity index (χ1) is 15.1. The summed E-state index contributed by atoms with van der Waals surface area (Å²) in [6.45, 7) is 8.21. The van der Waals surface area contributed by atoms with E-state index < -0.39 is 0 Å². The van der Waals surface area contributed by atoms with Gasteiger partial charge in [0, 0.05) is 65.8 Å². The van der Waals surface area contributed by atoms with Gasteiger partial charge in [0.1, 0.15) is 0 Å². The van der Waals surface area contributed by atoms with Crippen LogP contribution >= 0.6 is 0 Å². The van der Waals surface area contributed by atoms with Crippen LogP contribution < -0.4 is 10.6 Å². The average molecular weight is 429 g/mol. The van der Waals surface area contributed by atoms with Crippen LogP contribution in [0.1, 0.15) is 31.7 Å². The Balaban J connectivity index is 1.36. The van der Waals surface area contributed by atoms with Gasteiger partial charge >= 0.3 is 0 Å². The third-order valence-electron chi connectivity index (χ3n) is 6.12. The molecule has 2 N–H and O–H groups in total. The molecule has 0 spiro atoms. The Kier molecular flexibility index (Phi) is 8.70. The monoisotopic (exact) mass is 428 g/mol. The van der Waals surface area contributed by atoms with E-state index in [-0.39, 0.29) is 17.9 Å². The molecule has 8 nitrogen and oxygen atoms in total. The van der Waals surface area contributed by atoms with Crippen LogP contribution in [0.25, 0.3) is 0 Å². The highest BCUT2D eigenvalue weighted by Gasteiger charge is 2.30. The van der Waals surface area contributed by atoms with Gasteiger partial charge in [0.15, 0.2) is 5.96 Å². The maximum atomic E-state index is 12.7. The Hall–Kier alpha value is -2.61. The Morgan fingerprint density at radius 1 is 0.968 bits per heavy atom. The summed E-state index contributed by atoms with van der Waals surface area (Å²) >= 11 is 0. The number of nitrogens with zero attached hydrogens (tertiary/aromatic N) is 4. The zero-order valence-electron chi connectivity index (χ0n) is 18.8. The second kappa shape index (κ2) is 11.7. The number of likely N-dealkylation sites (tertiary alicyclic amines) is 1. The Bertz CT molecular complexity index is 740. The predicted octanol–water partition coefficient (Wildman–Crippen LogP) is 0.897. The van der Waals surface area contributed by atoms with E-state index in [9.17, 15) is 9.59 Å². The first-order valence-electron chi connectivity index (χ1n) is 11.4. The van der Waals surface area contributed by atoms with Crippen LogP contribution in [0.15, 0.2) is 35.3 Å². The maximum absolute atomic E-state index is 12.7. The molecule has 0 saturated carbocycles. The lowest BCUT2D eigenvalue weighted by atomic mass is 10.2. The molecule has 2 fully saturated rings. The van der Waals surface area contributed by atoms with E-state index in [1.54, 1.807) is 7.05 Å². The van der Waals surface area contributed by atoms with Crippen LogP contribution in [0.3, 0.4) is 0 Å². The van der Waals surface area contributed by atoms with E-state index in [4.69, 9.17) is 0 Å². The molecule has 31 heavy (non-hydrogen) atoms. The molecule has 3 rings (SSSR count). The number of carbonyl (C=O) groups excluding carboxylic acids is 2. The largest absolute Gasteiger partial charge is 0.356 e. The highest BCUT2D eigenvalue weighted by atomic mass is 16.2. The van der Waals surface area contributed by atoms with Gasteiger partial charge in [-0.05, 0) is 25.3 Å². The first kappa shape index (κ1) is 23.1. The molecular formula is C23H36N6O2. The second-order valence-electron chi connectivity index (χ2n) is 8.22. The summed E-state index contributed by atoms with van der Waals surface area (Å²) in [6.07, 6.45) is 2.64. The van der Waals surface area contributed by atoms with Crippen molar-refractivity contribution in [3.63, 3.8) is 0 Å². The van der Waals surface area contributed by atoms with Crippen molar-refractivity contribution in [1.82, 2.24) is 25.3 Å². The predicted molar refractivity (Wildman–Crippen MR) is 123 cm³/mol. The lowest BCUT2D eigenvalue weighted by Gasteiger charge is -2.39. The van der Waals surface area contributed by atoms with E-state index in [1.165, 1.54) is 0 Å². The minimum atomic E-state index is -0.0662. The van der Waals surface area contributed by atoms with Crippen LogP contribution in [0.4, 0.5) is 0 Å². The van der Waals surface area contributed by atoms with Gasteiger partial charge in [-0.1, -0.05) is 30.3 Å². The normalized spacial score (nSPS) is 18.7. The fraction of sp³-hybridized carbons (Fsp3) is 0.609. The number of benzene rings is 1. The third kappa shape index (κ3) is 6.69. The van der Waals surface area contributed by atoms with Gasteiger partial charge in [-0.15, -0.1) is 0 Å². The molecule has 2 aliphatic heterocycles. The van der Waals surface area contributed by atoms with E-state index in [1.807, 2.05) is 42.2 Å². The minimum Gasteiger partial charge on any atom is -0.356 e. The topological polar surface area (TPSA) is 80.3 Å². The van der Waals surface area contributed by atoms with Crippen molar-refractivity contribution in [2.45, 2.75) is 38.8 Å². The van der Waals surface area contributed by atoms with E-state index in [0.29, 0.717) is 19.5 Å². The fourth-order valence-corrected chi connectivity index (χ4v) is 4.18. The summed E-state index contributed by atoms with van der Waals surface area (Å²) < 4.78 is 0. The maximum Gasteiger partial charge on any atom is 0.239 e. The molecule has 1 unspecified atom stereocenters. The zero-order chi connectivity index (χ0) is 22.1. The van der Waals surface area contributed by atoms with Gasteiger partial charge in [-0.25, -0.2) is 0 Å². The van der Waals surface area contributed by atoms with Crippen LogP contribution in [-0.4, -0.2) is 91.4 Å². The quantitative estimate of drug-likeness (QED) is 0.498. The number of amides is 2. The van der Waals surface area contributed by atoms with Crippen LogP contribution in [0, 0.1) is 0 Å². The Morgan fingerprint density at radius 3 is 2.29 bits per heavy atom. The van der Waals surface area contributed by atoms with Gasteiger partial charge in [0.05, 0.1) is 6.04 Å². The first-order valence-corrected chi connectivity index (χ1v) is 11.4. The Labute approximate surface area is 185 Å². The summed E-state index contributed by atoms with van der Waals surface area (Å²) in [7, 11) is 1.77. The molecule has 0 aromatic heterocycles. The second-order valence-corrected chi connectivity index (χ2v) is 8.22. The lowest BCUT2D eigenvalue weighted by Crippen LogP contribution is -2.57. The third-order valence-corrected chi connectivity index (χ3v) is 6.12. The number of nitrogens with one attached hydrogen (secondary N) is 2. The molecule has 2 amide bonds. The van der Waals surface area contributed by atoms with Crippen molar-refractivity contribution in [3.05, 3.63) is 35.9 Å². The molecule has 1 atom stereocenters. The number of piperazine rings is 1. The number of aliphatic imine (C=N–C) groups is 1. The van der Waals surface area contributed by atoms with Gasteiger partial charge in [0.2, 0.25) is 11.8 Å². The molecule has 1 aromatic rings. The number of hydrogen-bond acceptors (Lipinski definition) is 4. The van der Waals surface area contributed by atoms with Crippen molar-refractivity contribution in [2.24, 2.45) is 4.99 Å². The minimum absolute atomic E-state index is 0.0193. The number of guanidine groups is 1. The molecule has 2 aliphatic rings. The molecule has 0 radical (unpaired) electrons. The molecule has 2 saturated heterocycles. The van der Waals surface area contributed by atoms with E-state index >= 15 is 0 Å². The molecule has 2 heterocycles. The van der Waals surface area contributed by atoms with Crippen molar-refractivity contribution < 1.29 is 9.59 Å². The highest BCUT2D eigenvalue weighted by molar-refractivity contribution is 5.82. The van der Waals surface area contributed by atoms with Crippen molar-refractivity contribution in [3.8, 4) is 0 Å². The number of hydrogen-bond donors (Lipinski definition) is 2. The molecular weight excluding hydrogens is 392 g/mol. The highest BCUT2D eigenvalue weighted by Crippen LogP contribution is 2.14. The zero-order valence-corrected chi connectivity index (χ0v) is 18.8. The summed E-state index contributed by atoms with van der Waals surface area (Å²) in [5.41, 5.74) is 1.09. The van der Waals surface area contributed by atoms with Crippen LogP contribution in [-0.2, 0) is 16.1 Å². The SMILES string of the molecule is CN=C(NCCC(=O)NCc1ccccc1)N1CCN(C(C)C(=O)N2CCCC2)CC1. The van der Waals surface area contributed by atoms with Gasteiger partial charge in [-0.3, -0.25) is 19.5 Å². The molecule has 8 heteroatoms. The van der Waals surface area contributed by atoms with Crippen molar-refractivity contribution in [2.75, 3.05) is 52.9 Å². The summed E-state index contributed by atoms with van der Waals surface area (Å²) in [5.74, 6) is 1.09. The summed E-state index contributed by atoms with van der Waals surface area (Å²) in [4.78, 5) is 35.6. The van der Waals surface area contributed by atoms with Gasteiger partial charge < -0.3 is 20.4 Å². The lowest BCUT2D eigenvalue weighted by molar-refractivity contribution is -0.135. The molecule has 0 bridgehead atoms. The molecule has 1 aromatic carbocycles. The van der Waals surface area contributed by atoms with Gasteiger partial charge in [-0.2, -0.15) is 0 Å². The molecule has 170 valence electrons. The van der Waals surface area contributed by atoms with E-state index in [2.05, 4.69) is 25.4 Å². The standard InChI is InChI=1S/C23H36N6O2/c1-19(22(31)28-12-6-7-13-28)27-14-16-29(17-15-27)23(24-2)25-11-10-21(30)26-18-20-8-4-3-5-9-20/h3-5,8-9,19H,6-7,10-18H2,1-2H3,(H,24,25)(H,26,30). The van der Waals surface area contributed by atoms with Crippen LogP contribution in [0.5, 0.6) is 0 Å². The summed E-state index contributed by atoms with van der Waals surface area (Å²) in [5, 5.41) is 6.25. The average Bonchev–Trinajstić information content (AvgIpc) is 3.35. The Morgan fingerprint density at radius 2 is 1.65 bits per heavy atom. The number of rotatable bonds is 7. The fourth-order valence-electron chi connectivity index (χ4n) is 4.18. The van der Waals surface area contributed by atoms with Crippen molar-refractivity contribution >= 4 is 17.8 Å². The van der Waals surface area contributed by atoms with Crippen molar-refractivity contribution in [1.29, 1.82) is 0 Å². The molecule has 0 aliphatic carbocycles. The number of carbonyl (C=O) groups is 2. The smallest absolute Gasteiger partial charge is 0.239 e. The van der Waals surface area contributed by atoms with Gasteiger partial charge in [0.25, 0.3) is 0 Å². The van der Waals surface area contributed by atoms with Crippen LogP contribution in [0.2, 0.25) is 0 Å².